The number of anilines is 2. The highest BCUT2D eigenvalue weighted by molar-refractivity contribution is 6.38. The quantitative estimate of drug-likeness (QED) is 0.568. The molecule has 1 saturated heterocycles. The van der Waals surface area contributed by atoms with Gasteiger partial charge in [-0.15, -0.1) is 0 Å². The molecule has 1 aliphatic rings. The zero-order chi connectivity index (χ0) is 21.9. The lowest BCUT2D eigenvalue weighted by Crippen LogP contribution is -2.56. The van der Waals surface area contributed by atoms with E-state index in [4.69, 9.17) is 23.1 Å². The van der Waals surface area contributed by atoms with E-state index in [1.165, 1.54) is 4.90 Å². The van der Waals surface area contributed by atoms with Gasteiger partial charge in [0, 0.05) is 31.4 Å². The molecule has 0 spiro atoms. The Bertz CT molecular complexity index is 1290. The summed E-state index contributed by atoms with van der Waals surface area (Å²) < 4.78 is 43.7. The van der Waals surface area contributed by atoms with Crippen LogP contribution in [0.4, 0.5) is 24.7 Å². The van der Waals surface area contributed by atoms with Gasteiger partial charge in [0.2, 0.25) is 5.43 Å². The molecule has 0 radical (unpaired) electrons. The Labute approximate surface area is 171 Å². The zero-order valence-corrected chi connectivity index (χ0v) is 15.8. The van der Waals surface area contributed by atoms with Crippen LogP contribution in [0.15, 0.2) is 23.1 Å². The number of benzene rings is 1. The number of pyridine rings is 2. The van der Waals surface area contributed by atoms with E-state index in [1.807, 2.05) is 0 Å². The van der Waals surface area contributed by atoms with Gasteiger partial charge in [-0.05, 0) is 6.07 Å². The number of carboxylic acid groups (broad SMARTS) is 1. The molecule has 3 aromatic rings. The van der Waals surface area contributed by atoms with Crippen molar-refractivity contribution in [3.05, 3.63) is 56.6 Å². The minimum atomic E-state index is -1.64. The first-order valence-electron chi connectivity index (χ1n) is 8.53. The Morgan fingerprint density at radius 3 is 2.47 bits per heavy atom. The molecular formula is C18H13ClF3N5O3. The minimum absolute atomic E-state index is 0.0856. The van der Waals surface area contributed by atoms with Gasteiger partial charge in [-0.1, -0.05) is 11.6 Å². The SMILES string of the molecule is Nc1nc(-n2cc(C(=O)O)c(=O)c3cc(F)c(N4CC(N)C4)c(Cl)c32)c(F)cc1F. The molecule has 1 aliphatic heterocycles. The molecule has 0 atom stereocenters. The summed E-state index contributed by atoms with van der Waals surface area (Å²) in [4.78, 5) is 29.3. The highest BCUT2D eigenvalue weighted by atomic mass is 35.5. The van der Waals surface area contributed by atoms with Gasteiger partial charge in [0.15, 0.2) is 23.3 Å². The van der Waals surface area contributed by atoms with Crippen molar-refractivity contribution in [1.29, 1.82) is 0 Å². The van der Waals surface area contributed by atoms with Crippen LogP contribution in [-0.4, -0.2) is 39.8 Å². The van der Waals surface area contributed by atoms with E-state index < -0.39 is 51.4 Å². The van der Waals surface area contributed by atoms with Crippen molar-refractivity contribution >= 4 is 40.0 Å². The summed E-state index contributed by atoms with van der Waals surface area (Å²) in [5, 5.41) is 8.66. The summed E-state index contributed by atoms with van der Waals surface area (Å²) in [6.07, 6.45) is 0.783. The number of rotatable bonds is 3. The second kappa shape index (κ2) is 6.89. The number of aromatic nitrogens is 2. The third kappa shape index (κ3) is 2.94. The number of aromatic carboxylic acids is 1. The van der Waals surface area contributed by atoms with E-state index in [0.29, 0.717) is 6.07 Å². The van der Waals surface area contributed by atoms with E-state index in [1.54, 1.807) is 0 Å². The smallest absolute Gasteiger partial charge is 0.341 e. The normalized spacial score (nSPS) is 14.2. The van der Waals surface area contributed by atoms with Crippen molar-refractivity contribution in [3.63, 3.8) is 0 Å². The van der Waals surface area contributed by atoms with Crippen LogP contribution in [0.1, 0.15) is 10.4 Å². The zero-order valence-electron chi connectivity index (χ0n) is 15.0. The molecule has 0 bridgehead atoms. The lowest BCUT2D eigenvalue weighted by molar-refractivity contribution is 0.0695. The highest BCUT2D eigenvalue weighted by Gasteiger charge is 2.31. The van der Waals surface area contributed by atoms with Crippen LogP contribution in [0, 0.1) is 17.5 Å². The van der Waals surface area contributed by atoms with Crippen LogP contribution in [-0.2, 0) is 0 Å². The first kappa shape index (κ1) is 20.0. The fourth-order valence-corrected chi connectivity index (χ4v) is 3.75. The number of hydrogen-bond acceptors (Lipinski definition) is 6. The number of hydrogen-bond donors (Lipinski definition) is 3. The predicted octanol–water partition coefficient (Wildman–Crippen LogP) is 1.88. The van der Waals surface area contributed by atoms with Gasteiger partial charge in [0.05, 0.1) is 21.6 Å². The maximum atomic E-state index is 14.8. The van der Waals surface area contributed by atoms with Gasteiger partial charge in [-0.3, -0.25) is 9.36 Å². The standard InChI is InChI=1S/C18H13ClF3N5O3/c19-12-13-7(1-9(20)14(12)26-3-6(23)4-26)15(28)8(18(29)30)5-27(13)17-11(22)2-10(21)16(24)25-17/h1-2,5-6H,3-4,23H2,(H2,24,25)(H,29,30). The Balaban J connectivity index is 2.14. The van der Waals surface area contributed by atoms with Gasteiger partial charge < -0.3 is 21.5 Å². The molecular weight excluding hydrogens is 427 g/mol. The third-order valence-corrected chi connectivity index (χ3v) is 5.14. The largest absolute Gasteiger partial charge is 0.477 e. The maximum absolute atomic E-state index is 14.8. The summed E-state index contributed by atoms with van der Waals surface area (Å²) in [6.45, 7) is 0.575. The number of carboxylic acids is 1. The van der Waals surface area contributed by atoms with Crippen LogP contribution < -0.4 is 21.8 Å². The van der Waals surface area contributed by atoms with Crippen molar-refractivity contribution in [2.45, 2.75) is 6.04 Å². The molecule has 30 heavy (non-hydrogen) atoms. The Morgan fingerprint density at radius 2 is 1.87 bits per heavy atom. The fraction of sp³-hybridized carbons (Fsp3) is 0.167. The summed E-state index contributed by atoms with van der Waals surface area (Å²) in [6, 6.07) is 1.06. The Morgan fingerprint density at radius 1 is 1.20 bits per heavy atom. The second-order valence-electron chi connectivity index (χ2n) is 6.79. The monoisotopic (exact) mass is 439 g/mol. The fourth-order valence-electron chi connectivity index (χ4n) is 3.35. The summed E-state index contributed by atoms with van der Waals surface area (Å²) in [5.41, 5.74) is 9.04. The van der Waals surface area contributed by atoms with Crippen molar-refractivity contribution < 1.29 is 23.1 Å². The average Bonchev–Trinajstić information content (AvgIpc) is 2.64. The van der Waals surface area contributed by atoms with Gasteiger partial charge >= 0.3 is 5.97 Å². The molecule has 0 saturated carbocycles. The first-order valence-corrected chi connectivity index (χ1v) is 8.91. The minimum Gasteiger partial charge on any atom is -0.477 e. The van der Waals surface area contributed by atoms with Gasteiger partial charge in [-0.2, -0.15) is 0 Å². The summed E-state index contributed by atoms with van der Waals surface area (Å²) in [5.74, 6) is -6.12. The topological polar surface area (TPSA) is 127 Å². The number of fused-ring (bicyclic) bond motifs is 1. The van der Waals surface area contributed by atoms with E-state index >= 15 is 0 Å². The van der Waals surface area contributed by atoms with Crippen LogP contribution >= 0.6 is 11.6 Å². The summed E-state index contributed by atoms with van der Waals surface area (Å²) in [7, 11) is 0. The van der Waals surface area contributed by atoms with Gasteiger partial charge in [0.25, 0.3) is 0 Å². The van der Waals surface area contributed by atoms with E-state index in [0.717, 1.165) is 16.8 Å². The third-order valence-electron chi connectivity index (χ3n) is 4.78. The molecule has 12 heteroatoms. The van der Waals surface area contributed by atoms with Crippen molar-refractivity contribution in [1.82, 2.24) is 9.55 Å². The second-order valence-corrected chi connectivity index (χ2v) is 7.17. The summed E-state index contributed by atoms with van der Waals surface area (Å²) >= 11 is 6.40. The molecule has 0 aliphatic carbocycles. The Hall–Kier alpha value is -3.31. The van der Waals surface area contributed by atoms with Crippen LogP contribution in [0.5, 0.6) is 0 Å². The molecule has 5 N–H and O–H groups in total. The number of nitrogen functional groups attached to an aromatic ring is 1. The predicted molar refractivity (Wildman–Crippen MR) is 104 cm³/mol. The van der Waals surface area contributed by atoms with Crippen LogP contribution in [0.2, 0.25) is 5.02 Å². The average molecular weight is 440 g/mol. The molecule has 0 amide bonds. The molecule has 4 rings (SSSR count). The molecule has 2 aromatic heterocycles. The molecule has 8 nitrogen and oxygen atoms in total. The molecule has 156 valence electrons. The lowest BCUT2D eigenvalue weighted by atomic mass is 10.1. The number of carbonyl (C=O) groups is 1. The van der Waals surface area contributed by atoms with E-state index in [2.05, 4.69) is 4.98 Å². The Kier molecular flexibility index (Phi) is 4.59. The maximum Gasteiger partial charge on any atom is 0.341 e. The van der Waals surface area contributed by atoms with E-state index in [-0.39, 0.29) is 35.4 Å². The van der Waals surface area contributed by atoms with Crippen molar-refractivity contribution in [3.8, 4) is 5.82 Å². The lowest BCUT2D eigenvalue weighted by Gasteiger charge is -2.39. The van der Waals surface area contributed by atoms with Crippen molar-refractivity contribution in [2.24, 2.45) is 5.73 Å². The first-order chi connectivity index (χ1) is 14.1. The molecule has 3 heterocycles. The van der Waals surface area contributed by atoms with Crippen molar-refractivity contribution in [2.75, 3.05) is 23.7 Å². The number of halogens is 4. The number of nitrogens with two attached hydrogens (primary N) is 2. The highest BCUT2D eigenvalue weighted by Crippen LogP contribution is 2.38. The molecule has 1 fully saturated rings. The molecule has 1 aromatic carbocycles. The van der Waals surface area contributed by atoms with Gasteiger partial charge in [0.1, 0.15) is 11.4 Å². The van der Waals surface area contributed by atoms with E-state index in [9.17, 15) is 27.9 Å². The van der Waals surface area contributed by atoms with Crippen LogP contribution in [0.3, 0.4) is 0 Å². The number of nitrogens with zero attached hydrogens (tertiary/aromatic N) is 3. The van der Waals surface area contributed by atoms with Gasteiger partial charge in [-0.25, -0.2) is 22.9 Å². The molecule has 0 unspecified atom stereocenters. The van der Waals surface area contributed by atoms with Crippen LogP contribution in [0.25, 0.3) is 16.7 Å².